The molecule has 0 unspecified atom stereocenters. The Kier molecular flexibility index (Phi) is 38.0. The summed E-state index contributed by atoms with van der Waals surface area (Å²) in [5, 5.41) is 0. The van der Waals surface area contributed by atoms with Gasteiger partial charge in [-0.1, -0.05) is 0 Å². The van der Waals surface area contributed by atoms with Crippen LogP contribution >= 0.6 is 36.5 Å². The monoisotopic (exact) mass is 367 g/mol. The van der Waals surface area contributed by atoms with Crippen LogP contribution in [0.5, 0.6) is 0 Å². The molecule has 0 rings (SSSR count). The van der Waals surface area contributed by atoms with Crippen LogP contribution in [0.4, 0.5) is 0 Å². The van der Waals surface area contributed by atoms with Gasteiger partial charge < -0.3 is 0 Å². The van der Waals surface area contributed by atoms with Gasteiger partial charge in [-0.2, -0.15) is 0 Å². The van der Waals surface area contributed by atoms with E-state index < -0.39 is 10.5 Å². The second-order valence-electron chi connectivity index (χ2n) is 0.275. The van der Waals surface area contributed by atoms with Gasteiger partial charge in [0.15, 0.2) is 0 Å². The molecule has 0 bridgehead atoms. The fourth-order valence-electron chi connectivity index (χ4n) is 0. The third-order valence-corrected chi connectivity index (χ3v) is 0. The van der Waals surface area contributed by atoms with Crippen molar-refractivity contribution in [2.75, 3.05) is 0 Å². The van der Waals surface area contributed by atoms with Gasteiger partial charge in [-0.05, 0) is 0 Å². The minimum atomic E-state index is -0.667. The molecule has 0 amide bonds. The van der Waals surface area contributed by atoms with Gasteiger partial charge in [-0.15, -0.1) is 0 Å². The van der Waals surface area contributed by atoms with Gasteiger partial charge in [0.1, 0.15) is 0 Å². The Labute approximate surface area is 79.4 Å². The second kappa shape index (κ2) is 17.1. The molecule has 0 aliphatic rings. The average molecular weight is 365 g/mol. The fraction of sp³-hybridized carbons (Fsp3) is 0. The van der Waals surface area contributed by atoms with Crippen LogP contribution in [0.1, 0.15) is 0 Å². The summed E-state index contributed by atoms with van der Waals surface area (Å²) in [5.74, 6) is 0. The van der Waals surface area contributed by atoms with E-state index in [0.717, 1.165) is 12.2 Å². The Balaban J connectivity index is -0.0000000575. The van der Waals surface area contributed by atoms with Gasteiger partial charge in [0.25, 0.3) is 0 Å². The molecule has 0 spiro atoms. The van der Waals surface area contributed by atoms with Crippen LogP contribution in [-0.2, 0) is 43.8 Å². The molecule has 8 heavy (non-hydrogen) atoms. The molecule has 0 fully saturated rings. The molecule has 0 saturated heterocycles. The SMILES string of the molecule is [Mo].[P]#[Fe](#[P])#[P].[P]#[Ni]#[P]. The van der Waals surface area contributed by atoms with Crippen molar-refractivity contribution in [3.05, 3.63) is 0 Å². The molecule has 0 nitrogen and oxygen atoms in total. The summed E-state index contributed by atoms with van der Waals surface area (Å²) in [6, 6.07) is 0. The van der Waals surface area contributed by atoms with Crippen LogP contribution < -0.4 is 0 Å². The van der Waals surface area contributed by atoms with Gasteiger partial charge in [0, 0.05) is 21.1 Å². The van der Waals surface area contributed by atoms with Crippen LogP contribution in [0, 0.1) is 0 Å². The summed E-state index contributed by atoms with van der Waals surface area (Å²) < 4.78 is 0. The number of rotatable bonds is 0. The van der Waals surface area contributed by atoms with Gasteiger partial charge in [-0.3, -0.25) is 0 Å². The predicted molar refractivity (Wildman–Crippen MR) is 34.6 cm³/mol. The van der Waals surface area contributed by atoms with Crippen molar-refractivity contribution in [3.8, 4) is 0 Å². The zero-order valence-corrected chi connectivity index (χ0v) is 11.9. The zero-order valence-electron chi connectivity index (χ0n) is 3.31. The molecule has 0 aliphatic carbocycles. The van der Waals surface area contributed by atoms with E-state index in [9.17, 15) is 0 Å². The molecule has 0 radical (unpaired) electrons. The van der Waals surface area contributed by atoms with E-state index in [2.05, 4.69) is 36.5 Å². The molecule has 0 heterocycles. The van der Waals surface area contributed by atoms with Crippen molar-refractivity contribution in [2.24, 2.45) is 0 Å². The molecule has 0 atom stereocenters. The molecule has 8 heteroatoms. The first-order chi connectivity index (χ1) is 3.15. The molecule has 0 aromatic heterocycles. The zero-order chi connectivity index (χ0) is 6.28. The molecule has 49 valence electrons. The Morgan fingerprint density at radius 3 is 1.00 bits per heavy atom. The normalized spacial score (nSPS) is 4.38. The van der Waals surface area contributed by atoms with Crippen LogP contribution in [0.3, 0.4) is 0 Å². The topological polar surface area (TPSA) is 0 Å². The first-order valence-electron chi connectivity index (χ1n) is 0.757. The van der Waals surface area contributed by atoms with E-state index in [-0.39, 0.29) is 21.1 Å². The molecular weight excluding hydrogens is 365 g/mol. The Bertz CT molecular complexity index is 390. The van der Waals surface area contributed by atoms with Crippen LogP contribution in [0.25, 0.3) is 0 Å². The fourth-order valence-corrected chi connectivity index (χ4v) is 0. The molecule has 0 saturated carbocycles. The summed E-state index contributed by atoms with van der Waals surface area (Å²) in [6.07, 6.45) is 0. The van der Waals surface area contributed by atoms with E-state index in [1.165, 1.54) is 0 Å². The van der Waals surface area contributed by atoms with Crippen molar-refractivity contribution >= 4 is 36.5 Å². The van der Waals surface area contributed by atoms with Crippen molar-refractivity contribution < 1.29 is 43.8 Å². The molecule has 0 aliphatic heterocycles. The van der Waals surface area contributed by atoms with E-state index in [4.69, 9.17) is 0 Å². The summed E-state index contributed by atoms with van der Waals surface area (Å²) in [7, 11) is 17.8. The van der Waals surface area contributed by atoms with E-state index in [1.807, 2.05) is 0 Å². The standard InChI is InChI=1S/Fe.Mo.Ni.5P. The van der Waals surface area contributed by atoms with E-state index >= 15 is 0 Å². The maximum atomic E-state index is 3.78. The summed E-state index contributed by atoms with van der Waals surface area (Å²) in [5.41, 5.74) is 0. The summed E-state index contributed by atoms with van der Waals surface area (Å²) in [6.45, 7) is 0. The molecule has 0 aromatic carbocycles. The first kappa shape index (κ1) is 17.8. The maximum absolute atomic E-state index is 3.78. The third-order valence-electron chi connectivity index (χ3n) is 0. The van der Waals surface area contributed by atoms with Crippen LogP contribution in [0.2, 0.25) is 0 Å². The molecular formula is FeMoNiP5. The minimum absolute atomic E-state index is 0. The summed E-state index contributed by atoms with van der Waals surface area (Å²) >= 11 is 1.01. The quantitative estimate of drug-likeness (QED) is 0.444. The first-order valence-corrected chi connectivity index (χ1v) is 9.37. The van der Waals surface area contributed by atoms with Crippen molar-refractivity contribution in [1.29, 1.82) is 0 Å². The summed E-state index contributed by atoms with van der Waals surface area (Å²) in [4.78, 5) is 0. The predicted octanol–water partition coefficient (Wildman–Crippen LogP) is 4.30. The van der Waals surface area contributed by atoms with Gasteiger partial charge in [0.05, 0.1) is 0 Å². The molecule has 0 N–H and O–H groups in total. The second-order valence-corrected chi connectivity index (χ2v) is 10.2. The van der Waals surface area contributed by atoms with Crippen LogP contribution in [-0.4, -0.2) is 0 Å². The van der Waals surface area contributed by atoms with Gasteiger partial charge in [0.2, 0.25) is 0 Å². The Morgan fingerprint density at radius 1 is 1.00 bits per heavy atom. The number of hydrogen-bond acceptors (Lipinski definition) is 0. The third kappa shape index (κ3) is 52.0. The molecule has 0 aromatic rings. The van der Waals surface area contributed by atoms with E-state index in [1.54, 1.807) is 0 Å². The van der Waals surface area contributed by atoms with Gasteiger partial charge in [-0.25, -0.2) is 0 Å². The van der Waals surface area contributed by atoms with Crippen molar-refractivity contribution in [3.63, 3.8) is 0 Å². The Hall–Kier alpha value is 3.85. The number of hydrogen-bond donors (Lipinski definition) is 0. The average Bonchev–Trinajstić information content (AvgIpc) is 1.33. The van der Waals surface area contributed by atoms with Crippen molar-refractivity contribution in [2.45, 2.75) is 0 Å². The van der Waals surface area contributed by atoms with Crippen LogP contribution in [0.15, 0.2) is 0 Å². The van der Waals surface area contributed by atoms with Crippen molar-refractivity contribution in [1.82, 2.24) is 0 Å². The van der Waals surface area contributed by atoms with Gasteiger partial charge >= 0.3 is 59.3 Å². The van der Waals surface area contributed by atoms with E-state index in [0.29, 0.717) is 0 Å². The Morgan fingerprint density at radius 2 is 1.00 bits per heavy atom.